The number of sulfonamides is 2. The first-order valence-electron chi connectivity index (χ1n) is 9.58. The molecule has 7 nitrogen and oxygen atoms in total. The quantitative estimate of drug-likeness (QED) is 0.585. The molecule has 0 spiro atoms. The molecule has 0 saturated carbocycles. The van der Waals surface area contributed by atoms with Crippen molar-refractivity contribution >= 4 is 25.7 Å². The number of pyridine rings is 1. The van der Waals surface area contributed by atoms with Gasteiger partial charge in [-0.2, -0.15) is 0 Å². The summed E-state index contributed by atoms with van der Waals surface area (Å²) in [4.78, 5) is 4.15. The van der Waals surface area contributed by atoms with E-state index in [2.05, 4.69) is 9.71 Å². The molecule has 0 bridgehead atoms. The lowest BCUT2D eigenvalue weighted by molar-refractivity contribution is 0.580. The van der Waals surface area contributed by atoms with E-state index in [9.17, 15) is 16.8 Å². The summed E-state index contributed by atoms with van der Waals surface area (Å²) in [5.41, 5.74) is 3.15. The topological polar surface area (TPSA) is 96.4 Å². The SMILES string of the molecule is Cc1ccc(S(=O)(=O)N(C)c2cc(S(=O)(=O)NCc3cccnc3)c(C)cc2C)cc1. The standard InChI is InChI=1S/C22H25N3O4S2/c1-16-7-9-20(10-8-16)31(28,29)25(4)21-13-22(18(3)12-17(21)2)30(26,27)24-15-19-6-5-11-23-14-19/h5-14,24H,15H2,1-4H3. The van der Waals surface area contributed by atoms with Crippen molar-refractivity contribution in [3.05, 3.63) is 83.2 Å². The summed E-state index contributed by atoms with van der Waals surface area (Å²) in [6.45, 7) is 5.39. The monoisotopic (exact) mass is 459 g/mol. The van der Waals surface area contributed by atoms with Crippen molar-refractivity contribution in [3.8, 4) is 0 Å². The Kier molecular flexibility index (Phi) is 6.49. The molecule has 1 N–H and O–H groups in total. The number of nitrogens with zero attached hydrogens (tertiary/aromatic N) is 2. The highest BCUT2D eigenvalue weighted by molar-refractivity contribution is 7.92. The second-order valence-corrected chi connectivity index (χ2v) is 11.1. The minimum Gasteiger partial charge on any atom is -0.269 e. The summed E-state index contributed by atoms with van der Waals surface area (Å²) < 4.78 is 55.8. The van der Waals surface area contributed by atoms with E-state index in [4.69, 9.17) is 0 Å². The average molecular weight is 460 g/mol. The summed E-state index contributed by atoms with van der Waals surface area (Å²) in [5, 5.41) is 0. The van der Waals surface area contributed by atoms with Crippen LogP contribution in [0.15, 0.2) is 70.7 Å². The van der Waals surface area contributed by atoms with E-state index in [1.54, 1.807) is 56.6 Å². The van der Waals surface area contributed by atoms with Crippen molar-refractivity contribution in [1.82, 2.24) is 9.71 Å². The molecule has 0 unspecified atom stereocenters. The number of benzene rings is 2. The summed E-state index contributed by atoms with van der Waals surface area (Å²) in [6.07, 6.45) is 3.19. The minimum atomic E-state index is -3.88. The summed E-state index contributed by atoms with van der Waals surface area (Å²) in [5.74, 6) is 0. The van der Waals surface area contributed by atoms with Crippen molar-refractivity contribution in [1.29, 1.82) is 0 Å². The number of rotatable bonds is 7. The Morgan fingerprint density at radius 1 is 0.935 bits per heavy atom. The van der Waals surface area contributed by atoms with Crippen molar-refractivity contribution < 1.29 is 16.8 Å². The molecule has 3 rings (SSSR count). The summed E-state index contributed by atoms with van der Waals surface area (Å²) >= 11 is 0. The molecule has 164 valence electrons. The second-order valence-electron chi connectivity index (χ2n) is 7.38. The maximum atomic E-state index is 13.1. The number of hydrogen-bond acceptors (Lipinski definition) is 5. The van der Waals surface area contributed by atoms with E-state index >= 15 is 0 Å². The number of nitrogens with one attached hydrogen (secondary N) is 1. The van der Waals surface area contributed by atoms with Gasteiger partial charge in [-0.1, -0.05) is 29.8 Å². The zero-order valence-electron chi connectivity index (χ0n) is 17.8. The predicted octanol–water partition coefficient (Wildman–Crippen LogP) is 3.31. The number of aromatic nitrogens is 1. The number of anilines is 1. The van der Waals surface area contributed by atoms with Crippen LogP contribution in [0.2, 0.25) is 0 Å². The third-order valence-corrected chi connectivity index (χ3v) is 8.32. The fourth-order valence-electron chi connectivity index (χ4n) is 3.21. The molecule has 31 heavy (non-hydrogen) atoms. The lowest BCUT2D eigenvalue weighted by Crippen LogP contribution is -2.28. The van der Waals surface area contributed by atoms with Gasteiger partial charge in [0.25, 0.3) is 10.0 Å². The van der Waals surface area contributed by atoms with Crippen molar-refractivity contribution in [2.45, 2.75) is 37.1 Å². The fraction of sp³-hybridized carbons (Fsp3) is 0.227. The van der Waals surface area contributed by atoms with Crippen LogP contribution in [0.3, 0.4) is 0 Å². The van der Waals surface area contributed by atoms with Gasteiger partial charge in [0.2, 0.25) is 10.0 Å². The molecule has 1 heterocycles. The fourth-order valence-corrected chi connectivity index (χ4v) is 5.72. The van der Waals surface area contributed by atoms with Crippen LogP contribution >= 0.6 is 0 Å². The van der Waals surface area contributed by atoms with E-state index in [1.165, 1.54) is 25.2 Å². The Labute approximate surface area is 183 Å². The van der Waals surface area contributed by atoms with Gasteiger partial charge < -0.3 is 0 Å². The van der Waals surface area contributed by atoms with Gasteiger partial charge in [-0.05, 0) is 61.7 Å². The largest absolute Gasteiger partial charge is 0.269 e. The molecule has 0 atom stereocenters. The van der Waals surface area contributed by atoms with Gasteiger partial charge in [0, 0.05) is 26.0 Å². The second kappa shape index (κ2) is 8.78. The molecule has 2 aromatic carbocycles. The highest BCUT2D eigenvalue weighted by Gasteiger charge is 2.25. The predicted molar refractivity (Wildman–Crippen MR) is 121 cm³/mol. The van der Waals surface area contributed by atoms with Crippen LogP contribution in [0.4, 0.5) is 5.69 Å². The highest BCUT2D eigenvalue weighted by Crippen LogP contribution is 2.30. The molecule has 9 heteroatoms. The van der Waals surface area contributed by atoms with Gasteiger partial charge in [0.15, 0.2) is 0 Å². The van der Waals surface area contributed by atoms with Crippen LogP contribution in [-0.2, 0) is 26.6 Å². The maximum Gasteiger partial charge on any atom is 0.264 e. The Morgan fingerprint density at radius 2 is 1.61 bits per heavy atom. The Hall–Kier alpha value is -2.75. The molecule has 0 aliphatic heterocycles. The Bertz CT molecular complexity index is 1290. The zero-order chi connectivity index (χ0) is 22.8. The van der Waals surface area contributed by atoms with Gasteiger partial charge in [-0.25, -0.2) is 21.6 Å². The van der Waals surface area contributed by atoms with Crippen LogP contribution in [0.1, 0.15) is 22.3 Å². The van der Waals surface area contributed by atoms with Crippen molar-refractivity contribution in [3.63, 3.8) is 0 Å². The third-order valence-electron chi connectivity index (χ3n) is 4.99. The van der Waals surface area contributed by atoms with E-state index in [0.29, 0.717) is 16.8 Å². The number of hydrogen-bond donors (Lipinski definition) is 1. The molecule has 1 aromatic heterocycles. The lowest BCUT2D eigenvalue weighted by atomic mass is 10.1. The Balaban J connectivity index is 1.97. The molecule has 0 amide bonds. The summed E-state index contributed by atoms with van der Waals surface area (Å²) in [7, 11) is -6.31. The third kappa shape index (κ3) is 4.95. The normalized spacial score (nSPS) is 12.0. The van der Waals surface area contributed by atoms with Gasteiger partial charge >= 0.3 is 0 Å². The van der Waals surface area contributed by atoms with E-state index in [-0.39, 0.29) is 16.3 Å². The number of aryl methyl sites for hydroxylation is 3. The van der Waals surface area contributed by atoms with E-state index in [0.717, 1.165) is 15.4 Å². The molecule has 0 saturated heterocycles. The molecule has 0 fully saturated rings. The molecule has 0 aliphatic rings. The first-order chi connectivity index (χ1) is 14.5. The zero-order valence-corrected chi connectivity index (χ0v) is 19.5. The first kappa shape index (κ1) is 22.9. The van der Waals surface area contributed by atoms with Gasteiger partial charge in [0.1, 0.15) is 0 Å². The smallest absolute Gasteiger partial charge is 0.264 e. The highest BCUT2D eigenvalue weighted by atomic mass is 32.2. The molecule has 0 radical (unpaired) electrons. The Morgan fingerprint density at radius 3 is 2.23 bits per heavy atom. The van der Waals surface area contributed by atoms with Gasteiger partial charge in [0.05, 0.1) is 15.5 Å². The van der Waals surface area contributed by atoms with Crippen LogP contribution in [0.25, 0.3) is 0 Å². The molecular weight excluding hydrogens is 434 g/mol. The van der Waals surface area contributed by atoms with E-state index < -0.39 is 20.0 Å². The average Bonchev–Trinajstić information content (AvgIpc) is 2.73. The van der Waals surface area contributed by atoms with Crippen molar-refractivity contribution in [2.24, 2.45) is 0 Å². The van der Waals surface area contributed by atoms with Crippen LogP contribution in [0, 0.1) is 20.8 Å². The molecule has 3 aromatic rings. The van der Waals surface area contributed by atoms with Gasteiger partial charge in [-0.3, -0.25) is 9.29 Å². The van der Waals surface area contributed by atoms with Crippen molar-refractivity contribution in [2.75, 3.05) is 11.4 Å². The molecule has 0 aliphatic carbocycles. The lowest BCUT2D eigenvalue weighted by Gasteiger charge is -2.23. The molecular formula is C22H25N3O4S2. The maximum absolute atomic E-state index is 13.1. The van der Waals surface area contributed by atoms with E-state index in [1.807, 2.05) is 6.92 Å². The summed E-state index contributed by atoms with van der Waals surface area (Å²) in [6, 6.07) is 13.1. The first-order valence-corrected chi connectivity index (χ1v) is 12.5. The van der Waals surface area contributed by atoms with Crippen LogP contribution < -0.4 is 9.03 Å². The van der Waals surface area contributed by atoms with Crippen LogP contribution in [0.5, 0.6) is 0 Å². The van der Waals surface area contributed by atoms with Crippen LogP contribution in [-0.4, -0.2) is 28.9 Å². The minimum absolute atomic E-state index is 0.0305. The van der Waals surface area contributed by atoms with Gasteiger partial charge in [-0.15, -0.1) is 0 Å².